The van der Waals surface area contributed by atoms with E-state index in [4.69, 9.17) is 9.47 Å². The Kier molecular flexibility index (Phi) is 5.21. The van der Waals surface area contributed by atoms with Crippen LogP contribution in [0.25, 0.3) is 16.9 Å². The van der Waals surface area contributed by atoms with Crippen LogP contribution in [0.5, 0.6) is 11.5 Å². The molecule has 0 unspecified atom stereocenters. The van der Waals surface area contributed by atoms with Crippen molar-refractivity contribution in [3.8, 4) is 28.4 Å². The molecule has 0 aliphatic carbocycles. The zero-order valence-electron chi connectivity index (χ0n) is 15.7. The summed E-state index contributed by atoms with van der Waals surface area (Å²) in [5.41, 5.74) is 4.02. The van der Waals surface area contributed by atoms with Gasteiger partial charge in [0.05, 0.1) is 25.5 Å². The van der Waals surface area contributed by atoms with Crippen LogP contribution in [0.15, 0.2) is 60.2 Å². The lowest BCUT2D eigenvalue weighted by molar-refractivity contribution is 0.102. The van der Waals surface area contributed by atoms with Crippen molar-refractivity contribution in [1.29, 1.82) is 0 Å². The molecule has 0 saturated carbocycles. The second-order valence-corrected chi connectivity index (χ2v) is 6.77. The average molecular weight is 407 g/mol. The number of nitrogens with zero attached hydrogens (tertiary/aromatic N) is 4. The molecule has 0 atom stereocenters. The molecule has 0 bridgehead atoms. The molecule has 0 fully saturated rings. The molecule has 29 heavy (non-hydrogen) atoms. The standard InChI is InChI=1S/C20H17N5O3S/c1-27-16-9-8-13(10-17(16)28-2)18-15(19(26)22-20-23-21-12-29-20)11-25(24-18)14-6-4-3-5-7-14/h3-12H,1-2H3,(H,22,23,26). The largest absolute Gasteiger partial charge is 0.493 e. The van der Waals surface area contributed by atoms with Gasteiger partial charge >= 0.3 is 0 Å². The molecule has 4 rings (SSSR count). The fraction of sp³-hybridized carbons (Fsp3) is 0.100. The summed E-state index contributed by atoms with van der Waals surface area (Å²) in [6.45, 7) is 0. The number of carbonyl (C=O) groups excluding carboxylic acids is 1. The van der Waals surface area contributed by atoms with Crippen molar-refractivity contribution in [2.24, 2.45) is 0 Å². The number of aromatic nitrogens is 4. The van der Waals surface area contributed by atoms with Gasteiger partial charge < -0.3 is 9.47 Å². The molecule has 9 heteroatoms. The predicted molar refractivity (Wildman–Crippen MR) is 110 cm³/mol. The first kappa shape index (κ1) is 18.6. The number of hydrogen-bond acceptors (Lipinski definition) is 7. The molecule has 1 amide bonds. The number of ether oxygens (including phenoxy) is 2. The number of para-hydroxylation sites is 1. The topological polar surface area (TPSA) is 91.2 Å². The van der Waals surface area contributed by atoms with Gasteiger partial charge in [0.1, 0.15) is 11.2 Å². The maximum absolute atomic E-state index is 12.9. The van der Waals surface area contributed by atoms with Gasteiger partial charge in [-0.05, 0) is 30.3 Å². The van der Waals surface area contributed by atoms with Crippen molar-refractivity contribution in [1.82, 2.24) is 20.0 Å². The lowest BCUT2D eigenvalue weighted by Crippen LogP contribution is -2.12. The summed E-state index contributed by atoms with van der Waals surface area (Å²) in [5, 5.41) is 15.5. The normalized spacial score (nSPS) is 10.6. The third-order valence-electron chi connectivity index (χ3n) is 4.22. The van der Waals surface area contributed by atoms with Crippen LogP contribution in [0.3, 0.4) is 0 Å². The Morgan fingerprint density at radius 3 is 2.55 bits per heavy atom. The van der Waals surface area contributed by atoms with Gasteiger partial charge in [-0.2, -0.15) is 5.10 Å². The van der Waals surface area contributed by atoms with Gasteiger partial charge in [0.25, 0.3) is 5.91 Å². The Hall–Kier alpha value is -3.72. The van der Waals surface area contributed by atoms with Crippen LogP contribution >= 0.6 is 11.3 Å². The third kappa shape index (κ3) is 3.81. The summed E-state index contributed by atoms with van der Waals surface area (Å²) in [5.74, 6) is 0.821. The highest BCUT2D eigenvalue weighted by atomic mass is 32.1. The Bertz CT molecular complexity index is 1130. The summed E-state index contributed by atoms with van der Waals surface area (Å²) in [6, 6.07) is 15.0. The minimum absolute atomic E-state index is 0.325. The zero-order valence-corrected chi connectivity index (χ0v) is 16.5. The first-order valence-electron chi connectivity index (χ1n) is 8.64. The minimum atomic E-state index is -0.325. The molecule has 2 aromatic carbocycles. The van der Waals surface area contributed by atoms with E-state index < -0.39 is 0 Å². The molecule has 4 aromatic rings. The van der Waals surface area contributed by atoms with E-state index in [0.717, 1.165) is 11.3 Å². The van der Waals surface area contributed by atoms with E-state index >= 15 is 0 Å². The van der Waals surface area contributed by atoms with Crippen molar-refractivity contribution < 1.29 is 14.3 Å². The summed E-state index contributed by atoms with van der Waals surface area (Å²) in [7, 11) is 3.13. The van der Waals surface area contributed by atoms with E-state index in [2.05, 4.69) is 20.6 Å². The molecule has 0 aliphatic heterocycles. The summed E-state index contributed by atoms with van der Waals surface area (Å²) < 4.78 is 12.4. The first-order chi connectivity index (χ1) is 14.2. The van der Waals surface area contributed by atoms with Crippen LogP contribution in [0, 0.1) is 0 Å². The lowest BCUT2D eigenvalue weighted by Gasteiger charge is -2.09. The Balaban J connectivity index is 1.81. The highest BCUT2D eigenvalue weighted by molar-refractivity contribution is 7.13. The van der Waals surface area contributed by atoms with Crippen LogP contribution in [-0.4, -0.2) is 40.1 Å². The maximum Gasteiger partial charge on any atom is 0.261 e. The monoisotopic (exact) mass is 407 g/mol. The van der Waals surface area contributed by atoms with Crippen LogP contribution in [-0.2, 0) is 0 Å². The number of anilines is 1. The van der Waals surface area contributed by atoms with E-state index in [1.165, 1.54) is 11.3 Å². The highest BCUT2D eigenvalue weighted by Crippen LogP contribution is 2.33. The smallest absolute Gasteiger partial charge is 0.261 e. The number of methoxy groups -OCH3 is 2. The van der Waals surface area contributed by atoms with Gasteiger partial charge in [-0.15, -0.1) is 10.2 Å². The number of rotatable bonds is 6. The fourth-order valence-electron chi connectivity index (χ4n) is 2.84. The maximum atomic E-state index is 12.9. The Morgan fingerprint density at radius 2 is 1.86 bits per heavy atom. The molecule has 0 saturated heterocycles. The molecule has 0 radical (unpaired) electrons. The van der Waals surface area contributed by atoms with Crippen LogP contribution in [0.1, 0.15) is 10.4 Å². The van der Waals surface area contributed by atoms with Crippen LogP contribution in [0.4, 0.5) is 5.13 Å². The van der Waals surface area contributed by atoms with Gasteiger partial charge in [0.2, 0.25) is 5.13 Å². The van der Waals surface area contributed by atoms with Crippen molar-refractivity contribution >= 4 is 22.4 Å². The summed E-state index contributed by atoms with van der Waals surface area (Å²) >= 11 is 1.24. The number of amides is 1. The molecule has 8 nitrogen and oxygen atoms in total. The van der Waals surface area contributed by atoms with Crippen molar-refractivity contribution in [3.63, 3.8) is 0 Å². The van der Waals surface area contributed by atoms with Crippen molar-refractivity contribution in [2.75, 3.05) is 19.5 Å². The second-order valence-electron chi connectivity index (χ2n) is 5.94. The van der Waals surface area contributed by atoms with Gasteiger partial charge in [-0.1, -0.05) is 29.5 Å². The zero-order chi connectivity index (χ0) is 20.2. The van der Waals surface area contributed by atoms with Crippen LogP contribution in [0.2, 0.25) is 0 Å². The Morgan fingerprint density at radius 1 is 1.07 bits per heavy atom. The number of benzene rings is 2. The molecule has 0 spiro atoms. The van der Waals surface area contributed by atoms with Crippen molar-refractivity contribution in [3.05, 3.63) is 65.8 Å². The van der Waals surface area contributed by atoms with E-state index in [1.807, 2.05) is 36.4 Å². The molecule has 1 N–H and O–H groups in total. The fourth-order valence-corrected chi connectivity index (χ4v) is 3.28. The first-order valence-corrected chi connectivity index (χ1v) is 9.52. The second kappa shape index (κ2) is 8.11. The van der Waals surface area contributed by atoms with E-state index in [1.54, 1.807) is 42.7 Å². The Labute approximate surface area is 170 Å². The number of hydrogen-bond donors (Lipinski definition) is 1. The van der Waals surface area contributed by atoms with Crippen LogP contribution < -0.4 is 14.8 Å². The lowest BCUT2D eigenvalue weighted by atomic mass is 10.1. The quantitative estimate of drug-likeness (QED) is 0.525. The molecular formula is C20H17N5O3S. The minimum Gasteiger partial charge on any atom is -0.493 e. The highest BCUT2D eigenvalue weighted by Gasteiger charge is 2.21. The third-order valence-corrected chi connectivity index (χ3v) is 4.82. The van der Waals surface area contributed by atoms with E-state index in [9.17, 15) is 4.79 Å². The molecular weight excluding hydrogens is 390 g/mol. The van der Waals surface area contributed by atoms with Gasteiger partial charge in [0, 0.05) is 11.8 Å². The van der Waals surface area contributed by atoms with E-state index in [-0.39, 0.29) is 5.91 Å². The molecule has 0 aliphatic rings. The van der Waals surface area contributed by atoms with Gasteiger partial charge in [-0.3, -0.25) is 10.1 Å². The summed E-state index contributed by atoms with van der Waals surface area (Å²) in [6.07, 6.45) is 1.69. The van der Waals surface area contributed by atoms with Gasteiger partial charge in [0.15, 0.2) is 11.5 Å². The predicted octanol–water partition coefficient (Wildman–Crippen LogP) is 3.66. The number of carbonyl (C=O) groups is 1. The number of nitrogens with one attached hydrogen (secondary N) is 1. The average Bonchev–Trinajstić information content (AvgIpc) is 3.44. The van der Waals surface area contributed by atoms with Gasteiger partial charge in [-0.25, -0.2) is 4.68 Å². The van der Waals surface area contributed by atoms with Crippen molar-refractivity contribution in [2.45, 2.75) is 0 Å². The van der Waals surface area contributed by atoms with E-state index in [0.29, 0.717) is 27.9 Å². The molecule has 2 heterocycles. The SMILES string of the molecule is COc1ccc(-c2nn(-c3ccccc3)cc2C(=O)Nc2nncs2)cc1OC. The summed E-state index contributed by atoms with van der Waals surface area (Å²) in [4.78, 5) is 12.9. The molecule has 146 valence electrons. The molecule has 2 aromatic heterocycles.